The molecule has 0 aromatic carbocycles. The second-order valence-corrected chi connectivity index (χ2v) is 5.44. The molecule has 4 nitrogen and oxygen atoms in total. The number of ether oxygens (including phenoxy) is 1. The van der Waals surface area contributed by atoms with Gasteiger partial charge in [-0.2, -0.15) is 0 Å². The van der Waals surface area contributed by atoms with E-state index < -0.39 is 0 Å². The fourth-order valence-corrected chi connectivity index (χ4v) is 2.22. The van der Waals surface area contributed by atoms with Crippen LogP contribution in [0.25, 0.3) is 5.57 Å². The Morgan fingerprint density at radius 3 is 3.05 bits per heavy atom. The van der Waals surface area contributed by atoms with Crippen LogP contribution in [0.5, 0.6) is 0 Å². The molecule has 0 saturated carbocycles. The van der Waals surface area contributed by atoms with Crippen molar-refractivity contribution in [3.8, 4) is 0 Å². The van der Waals surface area contributed by atoms with Crippen LogP contribution in [0.1, 0.15) is 30.5 Å². The van der Waals surface area contributed by atoms with Crippen LogP contribution in [0.15, 0.2) is 22.9 Å². The molecule has 2 heterocycles. The molecule has 1 fully saturated rings. The topological polar surface area (TPSA) is 58.0 Å². The summed E-state index contributed by atoms with van der Waals surface area (Å²) in [5, 5.41) is 10.7. The van der Waals surface area contributed by atoms with Crippen LogP contribution >= 0.6 is 15.9 Å². The minimum atomic E-state index is 0.0533. The number of aromatic nitrogens is 1. The van der Waals surface area contributed by atoms with E-state index in [2.05, 4.69) is 26.2 Å². The molecule has 0 amide bonds. The van der Waals surface area contributed by atoms with E-state index in [0.29, 0.717) is 0 Å². The van der Waals surface area contributed by atoms with Crippen molar-refractivity contribution in [2.75, 3.05) is 6.61 Å². The summed E-state index contributed by atoms with van der Waals surface area (Å²) in [6, 6.07) is 1.93. The van der Waals surface area contributed by atoms with Crippen LogP contribution in [-0.2, 0) is 4.74 Å². The summed E-state index contributed by atoms with van der Waals surface area (Å²) in [5.41, 5.74) is 2.60. The molecule has 1 aliphatic heterocycles. The smallest absolute Gasteiger partial charge is 0.127 e. The molecule has 102 valence electrons. The van der Waals surface area contributed by atoms with Crippen molar-refractivity contribution in [2.24, 2.45) is 0 Å². The number of aryl methyl sites for hydroxylation is 1. The Labute approximate surface area is 121 Å². The number of allylic oxidation sites excluding steroid dienone is 1. The molecule has 0 spiro atoms. The Bertz CT molecular complexity index is 482. The second kappa shape index (κ2) is 6.82. The van der Waals surface area contributed by atoms with E-state index >= 15 is 0 Å². The number of nitrogens with zero attached hydrogens (tertiary/aromatic N) is 1. The van der Waals surface area contributed by atoms with Crippen LogP contribution < -0.4 is 5.32 Å². The van der Waals surface area contributed by atoms with Gasteiger partial charge in [0.25, 0.3) is 0 Å². The van der Waals surface area contributed by atoms with Crippen molar-refractivity contribution < 1.29 is 4.74 Å². The van der Waals surface area contributed by atoms with Gasteiger partial charge in [-0.05, 0) is 37.8 Å². The van der Waals surface area contributed by atoms with Gasteiger partial charge in [-0.1, -0.05) is 15.9 Å². The summed E-state index contributed by atoms with van der Waals surface area (Å²) in [5.74, 6) is 0. The van der Waals surface area contributed by atoms with Gasteiger partial charge in [0.2, 0.25) is 0 Å². The summed E-state index contributed by atoms with van der Waals surface area (Å²) < 4.78 is 6.59. The highest BCUT2D eigenvalue weighted by Crippen LogP contribution is 2.19. The monoisotopic (exact) mass is 323 g/mol. The number of hydrogen-bond donors (Lipinski definition) is 2. The molecule has 1 atom stereocenters. The largest absolute Gasteiger partial charge is 0.366 e. The number of hydrogen-bond acceptors (Lipinski definition) is 4. The first-order valence-corrected chi connectivity index (χ1v) is 7.21. The number of halogens is 1. The lowest BCUT2D eigenvalue weighted by Crippen LogP contribution is -2.31. The van der Waals surface area contributed by atoms with Crippen molar-refractivity contribution in [2.45, 2.75) is 32.4 Å². The third kappa shape index (κ3) is 3.88. The summed E-state index contributed by atoms with van der Waals surface area (Å²) in [6.45, 7) is 2.79. The van der Waals surface area contributed by atoms with Crippen LogP contribution in [0, 0.1) is 12.3 Å². The van der Waals surface area contributed by atoms with E-state index in [1.807, 2.05) is 19.2 Å². The van der Waals surface area contributed by atoms with E-state index in [1.165, 1.54) is 12.6 Å². The maximum atomic E-state index is 7.51. The van der Waals surface area contributed by atoms with Gasteiger partial charge in [0, 0.05) is 35.3 Å². The second-order valence-electron chi connectivity index (χ2n) is 4.58. The zero-order valence-electron chi connectivity index (χ0n) is 10.9. The van der Waals surface area contributed by atoms with Gasteiger partial charge < -0.3 is 15.5 Å². The molecule has 0 bridgehead atoms. The molecule has 1 aromatic heterocycles. The summed E-state index contributed by atoms with van der Waals surface area (Å²) in [6.07, 6.45) is 8.29. The first kappa shape index (κ1) is 14.2. The molecular formula is C14H18BrN3O. The molecular weight excluding hydrogens is 306 g/mol. The molecule has 1 unspecified atom stereocenters. The summed E-state index contributed by atoms with van der Waals surface area (Å²) in [4.78, 5) is 4.34. The van der Waals surface area contributed by atoms with Gasteiger partial charge in [-0.25, -0.2) is 0 Å². The van der Waals surface area contributed by atoms with Crippen LogP contribution in [0.2, 0.25) is 0 Å². The minimum Gasteiger partial charge on any atom is -0.366 e. The average molecular weight is 324 g/mol. The van der Waals surface area contributed by atoms with Crippen LogP contribution in [0.4, 0.5) is 0 Å². The van der Waals surface area contributed by atoms with Gasteiger partial charge in [0.1, 0.15) is 6.23 Å². The van der Waals surface area contributed by atoms with Gasteiger partial charge >= 0.3 is 0 Å². The highest BCUT2D eigenvalue weighted by Gasteiger charge is 2.12. The predicted molar refractivity (Wildman–Crippen MR) is 80.2 cm³/mol. The van der Waals surface area contributed by atoms with Crippen LogP contribution in [-0.4, -0.2) is 24.0 Å². The first-order chi connectivity index (χ1) is 9.20. The maximum absolute atomic E-state index is 7.51. The van der Waals surface area contributed by atoms with Crippen molar-refractivity contribution in [1.29, 1.82) is 5.41 Å². The lowest BCUT2D eigenvalue weighted by molar-refractivity contribution is 0.00348. The number of rotatable bonds is 4. The third-order valence-electron chi connectivity index (χ3n) is 3.09. The SMILES string of the molecule is Cc1cnc(/C(C=N)=C/NC2CCCCO2)cc1Br. The first-order valence-electron chi connectivity index (χ1n) is 6.41. The normalized spacial score (nSPS) is 20.1. The Hall–Kier alpha value is -1.20. The van der Waals surface area contributed by atoms with Crippen LogP contribution in [0.3, 0.4) is 0 Å². The molecule has 0 radical (unpaired) electrons. The van der Waals surface area contributed by atoms with E-state index in [1.54, 1.807) is 6.20 Å². The van der Waals surface area contributed by atoms with E-state index in [9.17, 15) is 0 Å². The zero-order valence-corrected chi connectivity index (χ0v) is 12.5. The van der Waals surface area contributed by atoms with E-state index in [-0.39, 0.29) is 6.23 Å². The predicted octanol–water partition coefficient (Wildman–Crippen LogP) is 3.26. The lowest BCUT2D eigenvalue weighted by Gasteiger charge is -2.22. The standard InChI is InChI=1S/C14H18BrN3O/c1-10-8-17-13(6-12(10)15)11(7-16)9-18-14-4-2-3-5-19-14/h6-9,14,16,18H,2-5H2,1H3/b11-9+,16-7?. The van der Waals surface area contributed by atoms with Crippen molar-refractivity contribution in [3.63, 3.8) is 0 Å². The molecule has 1 aromatic rings. The highest BCUT2D eigenvalue weighted by atomic mass is 79.9. The Balaban J connectivity index is 2.09. The van der Waals surface area contributed by atoms with Gasteiger partial charge in [-0.3, -0.25) is 4.98 Å². The molecule has 0 aliphatic carbocycles. The molecule has 1 saturated heterocycles. The van der Waals surface area contributed by atoms with Gasteiger partial charge in [0.05, 0.1) is 5.69 Å². The number of nitrogens with one attached hydrogen (secondary N) is 2. The molecule has 2 rings (SSSR count). The maximum Gasteiger partial charge on any atom is 0.127 e. The van der Waals surface area contributed by atoms with Crippen molar-refractivity contribution in [1.82, 2.24) is 10.3 Å². The Kier molecular flexibility index (Phi) is 5.10. The summed E-state index contributed by atoms with van der Waals surface area (Å²) >= 11 is 3.48. The molecule has 2 N–H and O–H groups in total. The molecule has 19 heavy (non-hydrogen) atoms. The van der Waals surface area contributed by atoms with E-state index in [0.717, 1.165) is 40.8 Å². The molecule has 1 aliphatic rings. The van der Waals surface area contributed by atoms with Crippen molar-refractivity contribution >= 4 is 27.7 Å². The van der Waals surface area contributed by atoms with Gasteiger partial charge in [-0.15, -0.1) is 0 Å². The summed E-state index contributed by atoms with van der Waals surface area (Å²) in [7, 11) is 0. The van der Waals surface area contributed by atoms with E-state index in [4.69, 9.17) is 10.1 Å². The molecule has 5 heteroatoms. The Morgan fingerprint density at radius 1 is 1.58 bits per heavy atom. The fourth-order valence-electron chi connectivity index (χ4n) is 1.90. The van der Waals surface area contributed by atoms with Crippen molar-refractivity contribution in [3.05, 3.63) is 34.2 Å². The zero-order chi connectivity index (χ0) is 13.7. The van der Waals surface area contributed by atoms with Gasteiger partial charge in [0.15, 0.2) is 0 Å². The minimum absolute atomic E-state index is 0.0533. The highest BCUT2D eigenvalue weighted by molar-refractivity contribution is 9.10. The third-order valence-corrected chi connectivity index (χ3v) is 3.95. The number of pyridine rings is 1. The quantitative estimate of drug-likeness (QED) is 0.836. The Morgan fingerprint density at radius 2 is 2.42 bits per heavy atom. The lowest BCUT2D eigenvalue weighted by atomic mass is 10.1. The fraction of sp³-hybridized carbons (Fsp3) is 0.429. The average Bonchev–Trinajstić information content (AvgIpc) is 2.44.